The third-order valence-corrected chi connectivity index (χ3v) is 8.85. The molecule has 2 aromatic heterocycles. The van der Waals surface area contributed by atoms with Crippen LogP contribution in [0.1, 0.15) is 35.5 Å². The molecule has 0 saturated carbocycles. The Morgan fingerprint density at radius 1 is 1.11 bits per heavy atom. The van der Waals surface area contributed by atoms with E-state index in [1.807, 2.05) is 31.3 Å². The molecule has 3 aliphatic heterocycles. The zero-order chi connectivity index (χ0) is 25.2. The van der Waals surface area contributed by atoms with E-state index in [4.69, 9.17) is 9.47 Å². The Morgan fingerprint density at radius 2 is 1.81 bits per heavy atom. The number of carbonyl (C=O) groups is 1. The van der Waals surface area contributed by atoms with Crippen LogP contribution in [0, 0.1) is 11.5 Å². The zero-order valence-electron chi connectivity index (χ0n) is 20.8. The number of hydrogen-bond donors (Lipinski definition) is 1. The first-order valence-corrected chi connectivity index (χ1v) is 12.6. The Kier molecular flexibility index (Phi) is 3.88. The lowest BCUT2D eigenvalue weighted by Crippen LogP contribution is -2.59. The highest BCUT2D eigenvalue weighted by atomic mass is 16.6. The smallest absolute Gasteiger partial charge is 0.252 e. The van der Waals surface area contributed by atoms with Crippen molar-refractivity contribution < 1.29 is 14.3 Å². The van der Waals surface area contributed by atoms with Crippen molar-refractivity contribution in [3.63, 3.8) is 0 Å². The van der Waals surface area contributed by atoms with E-state index >= 15 is 0 Å². The molecule has 1 fully saturated rings. The van der Waals surface area contributed by atoms with Crippen molar-refractivity contribution in [3.8, 4) is 6.19 Å². The van der Waals surface area contributed by atoms with Gasteiger partial charge in [0, 0.05) is 48.7 Å². The molecule has 2 bridgehead atoms. The Balaban J connectivity index is 1.68. The molecule has 184 valence electrons. The summed E-state index contributed by atoms with van der Waals surface area (Å²) in [5, 5.41) is 17.2. The quantitative estimate of drug-likeness (QED) is 0.289. The molecule has 4 atom stereocenters. The molecule has 5 heterocycles. The van der Waals surface area contributed by atoms with Gasteiger partial charge in [-0.15, -0.1) is 0 Å². The average molecular weight is 492 g/mol. The number of amides is 1. The summed E-state index contributed by atoms with van der Waals surface area (Å²) in [6.45, 7) is 2.57. The fraction of sp³-hybridized carbons (Fsp3) is 0.310. The van der Waals surface area contributed by atoms with Gasteiger partial charge in [-0.3, -0.25) is 4.79 Å². The minimum absolute atomic E-state index is 0.0344. The number of nitrogens with one attached hydrogen (secondary N) is 1. The normalized spacial score (nSPS) is 26.1. The van der Waals surface area contributed by atoms with Crippen molar-refractivity contribution in [1.82, 2.24) is 19.4 Å². The molecule has 8 nitrogen and oxygen atoms in total. The summed E-state index contributed by atoms with van der Waals surface area (Å²) in [7, 11) is 3.51. The second kappa shape index (κ2) is 6.82. The van der Waals surface area contributed by atoms with Gasteiger partial charge in [0.25, 0.3) is 5.91 Å². The highest BCUT2D eigenvalue weighted by Crippen LogP contribution is 2.54. The largest absolute Gasteiger partial charge is 0.374 e. The number of ether oxygens (including phenoxy) is 2. The van der Waals surface area contributed by atoms with Crippen LogP contribution in [-0.4, -0.2) is 46.2 Å². The van der Waals surface area contributed by atoms with Gasteiger partial charge in [0.15, 0.2) is 11.9 Å². The molecule has 3 aliphatic rings. The number of methoxy groups -OCH3 is 1. The van der Waals surface area contributed by atoms with Gasteiger partial charge in [-0.25, -0.2) is 0 Å². The SMILES string of the molecule is COC1C(N(C)C#N)CC2OC1(C)n1c3ccccc3c3c4c(c5c6ccccc6n2c5c31)C(=O)NC4. The number of nitriles is 1. The van der Waals surface area contributed by atoms with Gasteiger partial charge in [0.2, 0.25) is 0 Å². The third kappa shape index (κ3) is 2.28. The van der Waals surface area contributed by atoms with Crippen molar-refractivity contribution in [1.29, 1.82) is 5.26 Å². The predicted molar refractivity (Wildman–Crippen MR) is 140 cm³/mol. The summed E-state index contributed by atoms with van der Waals surface area (Å²) in [5.74, 6) is -0.0344. The highest BCUT2D eigenvalue weighted by molar-refractivity contribution is 6.31. The van der Waals surface area contributed by atoms with E-state index in [0.717, 1.165) is 54.7 Å². The number of hydrogen-bond acceptors (Lipinski definition) is 5. The van der Waals surface area contributed by atoms with Crippen LogP contribution in [0.15, 0.2) is 48.5 Å². The molecular formula is C29H25N5O3. The van der Waals surface area contributed by atoms with Crippen LogP contribution < -0.4 is 5.32 Å². The number of carbonyl (C=O) groups excluding carboxylic acids is 1. The molecule has 8 rings (SSSR count). The van der Waals surface area contributed by atoms with Crippen LogP contribution >= 0.6 is 0 Å². The highest BCUT2D eigenvalue weighted by Gasteiger charge is 2.54. The first-order valence-electron chi connectivity index (χ1n) is 12.6. The number of aromatic nitrogens is 2. The van der Waals surface area contributed by atoms with Crippen LogP contribution in [0.25, 0.3) is 43.6 Å². The second-order valence-corrected chi connectivity index (χ2v) is 10.5. The van der Waals surface area contributed by atoms with E-state index in [9.17, 15) is 10.1 Å². The zero-order valence-corrected chi connectivity index (χ0v) is 20.8. The lowest BCUT2D eigenvalue weighted by molar-refractivity contribution is -0.264. The summed E-state index contributed by atoms with van der Waals surface area (Å²) in [4.78, 5) is 15.1. The average Bonchev–Trinajstić information content (AvgIpc) is 3.55. The van der Waals surface area contributed by atoms with Crippen molar-refractivity contribution in [3.05, 3.63) is 59.7 Å². The number of nitrogens with zero attached hydrogens (tertiary/aromatic N) is 4. The molecule has 5 aromatic rings. The number of likely N-dealkylation sites (N-methyl/N-ethyl adjacent to an activating group) is 1. The fourth-order valence-corrected chi connectivity index (χ4v) is 7.47. The molecule has 0 aliphatic carbocycles. The molecule has 0 radical (unpaired) electrons. The van der Waals surface area contributed by atoms with Gasteiger partial charge >= 0.3 is 0 Å². The minimum atomic E-state index is -0.911. The second-order valence-electron chi connectivity index (χ2n) is 10.5. The van der Waals surface area contributed by atoms with Crippen LogP contribution in [0.4, 0.5) is 0 Å². The Bertz CT molecular complexity index is 1880. The summed E-state index contributed by atoms with van der Waals surface area (Å²) in [5.41, 5.74) is 4.98. The van der Waals surface area contributed by atoms with Gasteiger partial charge in [-0.05, 0) is 24.6 Å². The molecule has 8 heteroatoms. The van der Waals surface area contributed by atoms with Crippen molar-refractivity contribution in [2.75, 3.05) is 14.2 Å². The molecule has 1 amide bonds. The molecule has 1 saturated heterocycles. The molecule has 4 unspecified atom stereocenters. The number of fused-ring (bicyclic) bond motifs is 13. The first-order chi connectivity index (χ1) is 18.0. The topological polar surface area (TPSA) is 84.4 Å². The Hall–Kier alpha value is -4.06. The predicted octanol–water partition coefficient (Wildman–Crippen LogP) is 4.55. The van der Waals surface area contributed by atoms with E-state index in [0.29, 0.717) is 13.0 Å². The van der Waals surface area contributed by atoms with Gasteiger partial charge < -0.3 is 28.8 Å². The molecule has 1 N–H and O–H groups in total. The van der Waals surface area contributed by atoms with Gasteiger partial charge in [-0.1, -0.05) is 36.4 Å². The van der Waals surface area contributed by atoms with Crippen LogP contribution in [0.5, 0.6) is 0 Å². The standard InChI is InChI=1S/C29H25N5O3/c1-29-27(36-3)20(32(2)14-30)12-21(37-29)33-18-10-6-4-8-15(18)23-24-17(13-31-28(24)35)22-16-9-5-7-11-19(16)34(29)26(22)25(23)33/h4-11,20-21,27H,12-13H2,1-3H3,(H,31,35). The summed E-state index contributed by atoms with van der Waals surface area (Å²) >= 11 is 0. The number of rotatable bonds is 2. The fourth-order valence-electron chi connectivity index (χ4n) is 7.47. The molecular weight excluding hydrogens is 466 g/mol. The monoisotopic (exact) mass is 491 g/mol. The lowest BCUT2D eigenvalue weighted by atomic mass is 9.92. The Morgan fingerprint density at radius 3 is 2.54 bits per heavy atom. The Labute approximate surface area is 212 Å². The first kappa shape index (κ1) is 21.1. The van der Waals surface area contributed by atoms with E-state index in [1.165, 1.54) is 0 Å². The van der Waals surface area contributed by atoms with Crippen LogP contribution in [0.3, 0.4) is 0 Å². The van der Waals surface area contributed by atoms with E-state index in [-0.39, 0.29) is 18.2 Å². The molecule has 0 spiro atoms. The maximum Gasteiger partial charge on any atom is 0.252 e. The van der Waals surface area contributed by atoms with Crippen molar-refractivity contribution in [2.24, 2.45) is 0 Å². The van der Waals surface area contributed by atoms with Crippen LogP contribution in [-0.2, 0) is 21.7 Å². The van der Waals surface area contributed by atoms with Crippen molar-refractivity contribution in [2.45, 2.75) is 44.0 Å². The van der Waals surface area contributed by atoms with E-state index < -0.39 is 11.8 Å². The third-order valence-electron chi connectivity index (χ3n) is 8.85. The molecule has 3 aromatic carbocycles. The maximum atomic E-state index is 13.4. The summed E-state index contributed by atoms with van der Waals surface area (Å²) in [6, 6.07) is 16.4. The number of para-hydroxylation sites is 2. The van der Waals surface area contributed by atoms with Crippen molar-refractivity contribution >= 4 is 49.5 Å². The van der Waals surface area contributed by atoms with Gasteiger partial charge in [-0.2, -0.15) is 5.26 Å². The minimum Gasteiger partial charge on any atom is -0.374 e. The van der Waals surface area contributed by atoms with E-state index in [2.05, 4.69) is 51.8 Å². The number of benzene rings is 3. The summed E-state index contributed by atoms with van der Waals surface area (Å²) in [6.07, 6.45) is 2.13. The van der Waals surface area contributed by atoms with Gasteiger partial charge in [0.1, 0.15) is 12.3 Å². The maximum absolute atomic E-state index is 13.4. The lowest BCUT2D eigenvalue weighted by Gasteiger charge is -2.49. The van der Waals surface area contributed by atoms with E-state index in [1.54, 1.807) is 12.0 Å². The van der Waals surface area contributed by atoms with Crippen LogP contribution in [0.2, 0.25) is 0 Å². The van der Waals surface area contributed by atoms with Gasteiger partial charge in [0.05, 0.1) is 33.7 Å². The summed E-state index contributed by atoms with van der Waals surface area (Å²) < 4.78 is 17.8. The molecule has 37 heavy (non-hydrogen) atoms.